The molecule has 2 rings (SSSR count). The largest absolute Gasteiger partial charge is 0.469 e. The average Bonchev–Trinajstić information content (AvgIpc) is 2.66. The fourth-order valence-electron chi connectivity index (χ4n) is 2.61. The van der Waals surface area contributed by atoms with Gasteiger partial charge in [0.25, 0.3) is 0 Å². The van der Waals surface area contributed by atoms with E-state index in [0.717, 1.165) is 16.8 Å². The standard InChI is InChI=1S/C15H21NO2Si/c1-10-11-8-6-7-9-12(11)16-13(10)14(15(17)18-2)19(3,4)5/h6-9,14,16H,1-5H3. The number of nitrogens with one attached hydrogen (secondary N) is 1. The van der Waals surface area contributed by atoms with E-state index in [4.69, 9.17) is 4.74 Å². The first-order valence-electron chi connectivity index (χ1n) is 6.51. The molecule has 0 bridgehead atoms. The Morgan fingerprint density at radius 3 is 2.42 bits per heavy atom. The van der Waals surface area contributed by atoms with E-state index in [9.17, 15) is 4.79 Å². The minimum Gasteiger partial charge on any atom is -0.469 e. The normalized spacial score (nSPS) is 13.5. The summed E-state index contributed by atoms with van der Waals surface area (Å²) in [7, 11) is -0.246. The molecule has 0 fully saturated rings. The Morgan fingerprint density at radius 1 is 1.26 bits per heavy atom. The highest BCUT2D eigenvalue weighted by Crippen LogP contribution is 2.33. The summed E-state index contributed by atoms with van der Waals surface area (Å²) in [4.78, 5) is 15.6. The molecular formula is C15H21NO2Si. The van der Waals surface area contributed by atoms with Gasteiger partial charge in [0, 0.05) is 16.6 Å². The number of ether oxygens (including phenoxy) is 1. The predicted octanol–water partition coefficient (Wildman–Crippen LogP) is 3.61. The van der Waals surface area contributed by atoms with Crippen LogP contribution < -0.4 is 0 Å². The van der Waals surface area contributed by atoms with Crippen LogP contribution in [0.25, 0.3) is 10.9 Å². The van der Waals surface area contributed by atoms with Gasteiger partial charge in [0.1, 0.15) is 0 Å². The number of carbonyl (C=O) groups is 1. The molecule has 3 nitrogen and oxygen atoms in total. The van der Waals surface area contributed by atoms with Gasteiger partial charge in [-0.15, -0.1) is 0 Å². The van der Waals surface area contributed by atoms with Crippen LogP contribution in [0, 0.1) is 6.92 Å². The minimum atomic E-state index is -1.71. The molecule has 1 N–H and O–H groups in total. The zero-order valence-electron chi connectivity index (χ0n) is 12.2. The summed E-state index contributed by atoms with van der Waals surface area (Å²) >= 11 is 0. The van der Waals surface area contributed by atoms with Gasteiger partial charge in [-0.05, 0) is 18.6 Å². The van der Waals surface area contributed by atoms with Crippen LogP contribution in [0.4, 0.5) is 0 Å². The lowest BCUT2D eigenvalue weighted by Crippen LogP contribution is -2.38. The smallest absolute Gasteiger partial charge is 0.311 e. The molecule has 4 heteroatoms. The van der Waals surface area contributed by atoms with Crippen LogP contribution in [-0.4, -0.2) is 26.1 Å². The van der Waals surface area contributed by atoms with Crippen LogP contribution in [-0.2, 0) is 9.53 Å². The molecule has 1 unspecified atom stereocenters. The lowest BCUT2D eigenvalue weighted by Gasteiger charge is -2.26. The molecule has 1 aromatic carbocycles. The highest BCUT2D eigenvalue weighted by Gasteiger charge is 2.37. The zero-order chi connectivity index (χ0) is 14.2. The topological polar surface area (TPSA) is 42.1 Å². The molecule has 0 aliphatic rings. The van der Waals surface area contributed by atoms with E-state index < -0.39 is 8.07 Å². The van der Waals surface area contributed by atoms with Crippen LogP contribution in [0.2, 0.25) is 19.6 Å². The van der Waals surface area contributed by atoms with Gasteiger partial charge in [-0.1, -0.05) is 37.8 Å². The molecule has 0 radical (unpaired) electrons. The molecule has 0 saturated carbocycles. The third-order valence-corrected chi connectivity index (χ3v) is 5.85. The van der Waals surface area contributed by atoms with Gasteiger partial charge < -0.3 is 9.72 Å². The first kappa shape index (κ1) is 13.9. The van der Waals surface area contributed by atoms with Crippen molar-refractivity contribution in [3.8, 4) is 0 Å². The maximum absolute atomic E-state index is 12.2. The third-order valence-electron chi connectivity index (χ3n) is 3.60. The molecule has 1 atom stereocenters. The Labute approximate surface area is 115 Å². The fraction of sp³-hybridized carbons (Fsp3) is 0.400. The van der Waals surface area contributed by atoms with Gasteiger partial charge in [-0.2, -0.15) is 0 Å². The first-order valence-corrected chi connectivity index (χ1v) is 10.1. The van der Waals surface area contributed by atoms with E-state index >= 15 is 0 Å². The SMILES string of the molecule is COC(=O)C(c1[nH]c2ccccc2c1C)[Si](C)(C)C. The highest BCUT2D eigenvalue weighted by molar-refractivity contribution is 6.80. The molecule has 0 spiro atoms. The second kappa shape index (κ2) is 4.85. The van der Waals surface area contributed by atoms with E-state index in [1.165, 1.54) is 12.5 Å². The Hall–Kier alpha value is -1.55. The number of carbonyl (C=O) groups excluding carboxylic acids is 1. The Kier molecular flexibility index (Phi) is 3.54. The Bertz CT molecular complexity index is 610. The van der Waals surface area contributed by atoms with Crippen molar-refractivity contribution in [2.75, 3.05) is 7.11 Å². The number of fused-ring (bicyclic) bond motifs is 1. The molecule has 0 aliphatic heterocycles. The Balaban J connectivity index is 2.63. The molecule has 1 heterocycles. The number of benzene rings is 1. The summed E-state index contributed by atoms with van der Waals surface area (Å²) in [6, 6.07) is 8.16. The molecule has 0 aliphatic carbocycles. The number of aromatic amines is 1. The van der Waals surface area contributed by atoms with Crippen molar-refractivity contribution in [2.45, 2.75) is 32.1 Å². The van der Waals surface area contributed by atoms with Crippen LogP contribution in [0.3, 0.4) is 0 Å². The summed E-state index contributed by atoms with van der Waals surface area (Å²) in [6.45, 7) is 8.66. The van der Waals surface area contributed by atoms with Crippen molar-refractivity contribution in [2.24, 2.45) is 0 Å². The summed E-state index contributed by atoms with van der Waals surface area (Å²) in [5, 5.41) is 1.18. The number of aromatic nitrogens is 1. The number of hydrogen-bond acceptors (Lipinski definition) is 2. The molecule has 1 aromatic heterocycles. The quantitative estimate of drug-likeness (QED) is 0.687. The van der Waals surface area contributed by atoms with E-state index in [1.54, 1.807) is 0 Å². The second-order valence-corrected chi connectivity index (χ2v) is 11.3. The van der Waals surface area contributed by atoms with Crippen molar-refractivity contribution in [3.05, 3.63) is 35.5 Å². The van der Waals surface area contributed by atoms with Crippen molar-refractivity contribution in [1.29, 1.82) is 0 Å². The summed E-state index contributed by atoms with van der Waals surface area (Å²) < 4.78 is 5.02. The molecule has 2 aromatic rings. The van der Waals surface area contributed by atoms with E-state index in [2.05, 4.69) is 37.6 Å². The molecular weight excluding hydrogens is 254 g/mol. The van der Waals surface area contributed by atoms with Gasteiger partial charge >= 0.3 is 5.97 Å². The van der Waals surface area contributed by atoms with Crippen LogP contribution >= 0.6 is 0 Å². The minimum absolute atomic E-state index is 0.131. The van der Waals surface area contributed by atoms with Gasteiger partial charge in [0.15, 0.2) is 0 Å². The van der Waals surface area contributed by atoms with Crippen LogP contribution in [0.5, 0.6) is 0 Å². The monoisotopic (exact) mass is 275 g/mol. The molecule has 0 saturated heterocycles. The number of hydrogen-bond donors (Lipinski definition) is 1. The summed E-state index contributed by atoms with van der Waals surface area (Å²) in [5.74, 6) is -0.131. The van der Waals surface area contributed by atoms with Crippen molar-refractivity contribution < 1.29 is 9.53 Å². The molecule has 19 heavy (non-hydrogen) atoms. The highest BCUT2D eigenvalue weighted by atomic mass is 28.3. The number of para-hydroxylation sites is 1. The predicted molar refractivity (Wildman–Crippen MR) is 81.1 cm³/mol. The van der Waals surface area contributed by atoms with Crippen molar-refractivity contribution >= 4 is 24.9 Å². The lowest BCUT2D eigenvalue weighted by atomic mass is 10.1. The number of esters is 1. The van der Waals surface area contributed by atoms with Crippen molar-refractivity contribution in [1.82, 2.24) is 4.98 Å². The van der Waals surface area contributed by atoms with Gasteiger partial charge in [-0.3, -0.25) is 4.79 Å². The van der Waals surface area contributed by atoms with E-state index in [1.807, 2.05) is 18.2 Å². The first-order chi connectivity index (χ1) is 8.86. The number of rotatable bonds is 3. The van der Waals surface area contributed by atoms with Crippen molar-refractivity contribution in [3.63, 3.8) is 0 Å². The lowest BCUT2D eigenvalue weighted by molar-refractivity contribution is -0.140. The van der Waals surface area contributed by atoms with E-state index in [0.29, 0.717) is 0 Å². The van der Waals surface area contributed by atoms with Crippen LogP contribution in [0.1, 0.15) is 16.8 Å². The fourth-order valence-corrected chi connectivity index (χ4v) is 4.59. The summed E-state index contributed by atoms with van der Waals surface area (Å²) in [6.07, 6.45) is 0. The second-order valence-electron chi connectivity index (χ2n) is 6.03. The third kappa shape index (κ3) is 2.45. The van der Waals surface area contributed by atoms with E-state index in [-0.39, 0.29) is 11.5 Å². The summed E-state index contributed by atoms with van der Waals surface area (Å²) in [5.41, 5.74) is 3.12. The van der Waals surface area contributed by atoms with Gasteiger partial charge in [0.05, 0.1) is 20.7 Å². The maximum Gasteiger partial charge on any atom is 0.311 e. The number of aryl methyl sites for hydroxylation is 1. The number of methoxy groups -OCH3 is 1. The van der Waals surface area contributed by atoms with Gasteiger partial charge in [0.2, 0.25) is 0 Å². The molecule has 102 valence electrons. The zero-order valence-corrected chi connectivity index (χ0v) is 13.2. The van der Waals surface area contributed by atoms with Crippen LogP contribution in [0.15, 0.2) is 24.3 Å². The Morgan fingerprint density at radius 2 is 1.89 bits per heavy atom. The average molecular weight is 275 g/mol. The van der Waals surface area contributed by atoms with Gasteiger partial charge in [-0.25, -0.2) is 0 Å². The maximum atomic E-state index is 12.2. The molecule has 0 amide bonds. The number of H-pyrrole nitrogens is 1.